The van der Waals surface area contributed by atoms with E-state index in [9.17, 15) is 14.4 Å². The van der Waals surface area contributed by atoms with Gasteiger partial charge in [-0.3, -0.25) is 9.59 Å². The van der Waals surface area contributed by atoms with Crippen molar-refractivity contribution in [1.82, 2.24) is 4.90 Å². The van der Waals surface area contributed by atoms with Gasteiger partial charge in [0, 0.05) is 12.3 Å². The predicted molar refractivity (Wildman–Crippen MR) is 54.7 cm³/mol. The number of carbonyl (C=O) groups is 3. The van der Waals surface area contributed by atoms with Crippen LogP contribution in [0.2, 0.25) is 0 Å². The molecule has 0 spiro atoms. The van der Waals surface area contributed by atoms with Gasteiger partial charge in [0.15, 0.2) is 5.78 Å². The van der Waals surface area contributed by atoms with E-state index in [-0.39, 0.29) is 37.0 Å². The van der Waals surface area contributed by atoms with E-state index in [0.29, 0.717) is 0 Å². The van der Waals surface area contributed by atoms with Gasteiger partial charge in [0.1, 0.15) is 6.04 Å². The van der Waals surface area contributed by atoms with E-state index in [4.69, 9.17) is 5.11 Å². The fourth-order valence-electron chi connectivity index (χ4n) is 2.21. The molecule has 1 saturated carbocycles. The molecule has 1 heterocycles. The number of aliphatic carboxylic acids is 1. The summed E-state index contributed by atoms with van der Waals surface area (Å²) in [6.07, 6.45) is 3.21. The van der Waals surface area contributed by atoms with Crippen molar-refractivity contribution < 1.29 is 19.5 Å². The van der Waals surface area contributed by atoms with Crippen molar-refractivity contribution in [3.05, 3.63) is 0 Å². The van der Waals surface area contributed by atoms with Crippen molar-refractivity contribution in [2.45, 2.75) is 38.1 Å². The number of Topliss-reactive ketones (excluding diaryl/α,β-unsaturated/α-hetero) is 1. The molecule has 1 saturated heterocycles. The zero-order chi connectivity index (χ0) is 11.7. The number of carboxylic acid groups (broad SMARTS) is 1. The van der Waals surface area contributed by atoms with E-state index in [1.807, 2.05) is 0 Å². The SMILES string of the molecule is O=C1CCC(C(=O)O)N(C(=O)C2CCC2)C1. The third-order valence-electron chi connectivity index (χ3n) is 3.44. The van der Waals surface area contributed by atoms with Crippen molar-refractivity contribution in [3.63, 3.8) is 0 Å². The van der Waals surface area contributed by atoms with Crippen molar-refractivity contribution in [3.8, 4) is 0 Å². The van der Waals surface area contributed by atoms with Crippen LogP contribution in [0.15, 0.2) is 0 Å². The molecule has 0 aromatic rings. The van der Waals surface area contributed by atoms with E-state index in [1.165, 1.54) is 4.90 Å². The van der Waals surface area contributed by atoms with Gasteiger partial charge in [-0.05, 0) is 19.3 Å². The van der Waals surface area contributed by atoms with Crippen LogP contribution in [-0.4, -0.2) is 40.3 Å². The summed E-state index contributed by atoms with van der Waals surface area (Å²) in [4.78, 5) is 35.5. The average Bonchev–Trinajstić information content (AvgIpc) is 2.14. The molecule has 5 heteroatoms. The van der Waals surface area contributed by atoms with Gasteiger partial charge in [0.2, 0.25) is 5.91 Å². The summed E-state index contributed by atoms with van der Waals surface area (Å²) in [6, 6.07) is -0.800. The minimum atomic E-state index is -1.000. The molecule has 1 aliphatic carbocycles. The highest BCUT2D eigenvalue weighted by Crippen LogP contribution is 2.30. The van der Waals surface area contributed by atoms with E-state index < -0.39 is 12.0 Å². The molecule has 0 radical (unpaired) electrons. The van der Waals surface area contributed by atoms with Crippen molar-refractivity contribution in [2.24, 2.45) is 5.92 Å². The molecule has 88 valence electrons. The number of likely N-dealkylation sites (tertiary alicyclic amines) is 1. The van der Waals surface area contributed by atoms with Crippen molar-refractivity contribution in [1.29, 1.82) is 0 Å². The Labute approximate surface area is 93.4 Å². The summed E-state index contributed by atoms with van der Waals surface area (Å²) in [6.45, 7) is -0.0215. The van der Waals surface area contributed by atoms with E-state index >= 15 is 0 Å². The zero-order valence-corrected chi connectivity index (χ0v) is 9.02. The standard InChI is InChI=1S/C11H15NO4/c13-8-4-5-9(11(15)16)12(6-8)10(14)7-2-1-3-7/h7,9H,1-6H2,(H,15,16). The Morgan fingerprint density at radius 3 is 2.44 bits per heavy atom. The number of amides is 1. The predicted octanol–water partition coefficient (Wildman–Crippen LogP) is 0.431. The molecule has 0 bridgehead atoms. The third-order valence-corrected chi connectivity index (χ3v) is 3.44. The molecule has 16 heavy (non-hydrogen) atoms. The molecule has 1 atom stereocenters. The van der Waals surface area contributed by atoms with Gasteiger partial charge in [-0.15, -0.1) is 0 Å². The molecular formula is C11H15NO4. The fourth-order valence-corrected chi connectivity index (χ4v) is 2.21. The van der Waals surface area contributed by atoms with Crippen LogP contribution in [0, 0.1) is 5.92 Å². The molecule has 5 nitrogen and oxygen atoms in total. The van der Waals surface area contributed by atoms with Crippen LogP contribution in [0.3, 0.4) is 0 Å². The Kier molecular flexibility index (Phi) is 2.94. The lowest BCUT2D eigenvalue weighted by molar-refractivity contribution is -0.157. The molecular weight excluding hydrogens is 210 g/mol. The summed E-state index contributed by atoms with van der Waals surface area (Å²) in [5.74, 6) is -1.23. The monoisotopic (exact) mass is 225 g/mol. The number of rotatable bonds is 2. The number of carboxylic acids is 1. The molecule has 2 aliphatic rings. The van der Waals surface area contributed by atoms with Crippen LogP contribution < -0.4 is 0 Å². The van der Waals surface area contributed by atoms with Crippen LogP contribution in [0.4, 0.5) is 0 Å². The quantitative estimate of drug-likeness (QED) is 0.739. The highest BCUT2D eigenvalue weighted by atomic mass is 16.4. The Hall–Kier alpha value is -1.39. The van der Waals surface area contributed by atoms with Crippen LogP contribution in [0.1, 0.15) is 32.1 Å². The molecule has 0 aromatic carbocycles. The molecule has 1 unspecified atom stereocenters. The van der Waals surface area contributed by atoms with Gasteiger partial charge in [-0.2, -0.15) is 0 Å². The maximum absolute atomic E-state index is 12.0. The van der Waals surface area contributed by atoms with Gasteiger partial charge in [-0.1, -0.05) is 6.42 Å². The van der Waals surface area contributed by atoms with Crippen molar-refractivity contribution in [2.75, 3.05) is 6.54 Å². The first kappa shape index (κ1) is 11.1. The Bertz CT molecular complexity index is 335. The first-order valence-corrected chi connectivity index (χ1v) is 5.64. The number of piperidine rings is 1. The topological polar surface area (TPSA) is 74.7 Å². The smallest absolute Gasteiger partial charge is 0.326 e. The molecule has 2 rings (SSSR count). The van der Waals surface area contributed by atoms with Gasteiger partial charge < -0.3 is 10.0 Å². The second-order valence-electron chi connectivity index (χ2n) is 4.53. The van der Waals surface area contributed by atoms with Gasteiger partial charge in [0.05, 0.1) is 6.54 Å². The average molecular weight is 225 g/mol. The van der Waals surface area contributed by atoms with Crippen LogP contribution >= 0.6 is 0 Å². The van der Waals surface area contributed by atoms with Crippen molar-refractivity contribution >= 4 is 17.7 Å². The molecule has 2 fully saturated rings. The van der Waals surface area contributed by atoms with E-state index in [0.717, 1.165) is 19.3 Å². The summed E-state index contributed by atoms with van der Waals surface area (Å²) < 4.78 is 0. The summed E-state index contributed by atoms with van der Waals surface area (Å²) in [7, 11) is 0. The molecule has 1 amide bonds. The first-order valence-electron chi connectivity index (χ1n) is 5.64. The number of hydrogen-bond acceptors (Lipinski definition) is 3. The van der Waals surface area contributed by atoms with Gasteiger partial charge in [-0.25, -0.2) is 4.79 Å². The second-order valence-corrected chi connectivity index (χ2v) is 4.53. The van der Waals surface area contributed by atoms with Gasteiger partial charge in [0.25, 0.3) is 0 Å². The lowest BCUT2D eigenvalue weighted by Gasteiger charge is -2.37. The number of nitrogens with zero attached hydrogens (tertiary/aromatic N) is 1. The number of hydrogen-bond donors (Lipinski definition) is 1. The summed E-state index contributed by atoms with van der Waals surface area (Å²) in [5.41, 5.74) is 0. The Morgan fingerprint density at radius 1 is 1.25 bits per heavy atom. The zero-order valence-electron chi connectivity index (χ0n) is 9.02. The lowest BCUT2D eigenvalue weighted by atomic mass is 9.83. The Balaban J connectivity index is 2.09. The minimum absolute atomic E-state index is 0.0215. The van der Waals surface area contributed by atoms with Crippen LogP contribution in [0.25, 0.3) is 0 Å². The normalized spacial score (nSPS) is 26.4. The lowest BCUT2D eigenvalue weighted by Crippen LogP contribution is -2.53. The van der Waals surface area contributed by atoms with Crippen LogP contribution in [0.5, 0.6) is 0 Å². The van der Waals surface area contributed by atoms with E-state index in [2.05, 4.69) is 0 Å². The minimum Gasteiger partial charge on any atom is -0.480 e. The fraction of sp³-hybridized carbons (Fsp3) is 0.727. The highest BCUT2D eigenvalue weighted by molar-refractivity contribution is 5.92. The first-order chi connectivity index (χ1) is 7.59. The highest BCUT2D eigenvalue weighted by Gasteiger charge is 2.39. The van der Waals surface area contributed by atoms with Gasteiger partial charge >= 0.3 is 5.97 Å². The van der Waals surface area contributed by atoms with E-state index in [1.54, 1.807) is 0 Å². The summed E-state index contributed by atoms with van der Waals surface area (Å²) in [5, 5.41) is 9.01. The molecule has 0 aromatic heterocycles. The number of carbonyl (C=O) groups excluding carboxylic acids is 2. The maximum atomic E-state index is 12.0. The summed E-state index contributed by atoms with van der Waals surface area (Å²) >= 11 is 0. The van der Waals surface area contributed by atoms with Crippen LogP contribution in [-0.2, 0) is 14.4 Å². The molecule has 1 N–H and O–H groups in total. The third kappa shape index (κ3) is 1.94. The maximum Gasteiger partial charge on any atom is 0.326 e. The Morgan fingerprint density at radius 2 is 1.94 bits per heavy atom. The number of ketones is 1. The second kappa shape index (κ2) is 4.23. The largest absolute Gasteiger partial charge is 0.480 e. The molecule has 1 aliphatic heterocycles.